The van der Waals surface area contributed by atoms with Gasteiger partial charge in [-0.05, 0) is 30.3 Å². The number of pyridine rings is 1. The number of amides is 1. The second-order valence-corrected chi connectivity index (χ2v) is 5.22. The Bertz CT molecular complexity index is 781. The minimum atomic E-state index is -0.466. The topological polar surface area (TPSA) is 91.2 Å². The summed E-state index contributed by atoms with van der Waals surface area (Å²) in [6.07, 6.45) is 1.63. The highest BCUT2D eigenvalue weighted by atomic mass is 32.1. The van der Waals surface area contributed by atoms with E-state index in [2.05, 4.69) is 4.98 Å². The number of nitrogens with two attached hydrogens (primary N) is 2. The van der Waals surface area contributed by atoms with Gasteiger partial charge < -0.3 is 16.2 Å². The number of fused-ring (bicyclic) bond motifs is 1. The van der Waals surface area contributed by atoms with E-state index >= 15 is 0 Å². The Morgan fingerprint density at radius 1 is 1.20 bits per heavy atom. The Labute approximate surface area is 118 Å². The van der Waals surface area contributed by atoms with Crippen LogP contribution >= 0.6 is 11.3 Å². The predicted molar refractivity (Wildman–Crippen MR) is 79.1 cm³/mol. The monoisotopic (exact) mass is 285 g/mol. The molecule has 2 heterocycles. The van der Waals surface area contributed by atoms with E-state index in [4.69, 9.17) is 16.2 Å². The quantitative estimate of drug-likeness (QED) is 0.724. The van der Waals surface area contributed by atoms with Gasteiger partial charge in [0.2, 0.25) is 0 Å². The molecule has 0 aliphatic carbocycles. The molecule has 100 valence electrons. The molecule has 0 saturated carbocycles. The molecule has 0 fully saturated rings. The standard InChI is InChI=1S/C14H11N3O2S/c15-8-1-3-9(4-2-8)19-11-5-6-17-10-7-12(14(16)18)20-13(10)11/h1-7H,15H2,(H2,16,18). The number of hydrogen-bond donors (Lipinski definition) is 2. The number of nitrogens with zero attached hydrogens (tertiary/aromatic N) is 1. The van der Waals surface area contributed by atoms with E-state index in [0.29, 0.717) is 27.6 Å². The van der Waals surface area contributed by atoms with Gasteiger partial charge in [-0.25, -0.2) is 0 Å². The molecular formula is C14H11N3O2S. The maximum Gasteiger partial charge on any atom is 0.258 e. The van der Waals surface area contributed by atoms with E-state index < -0.39 is 5.91 Å². The summed E-state index contributed by atoms with van der Waals surface area (Å²) in [6.45, 7) is 0. The summed E-state index contributed by atoms with van der Waals surface area (Å²) in [4.78, 5) is 15.9. The molecule has 6 heteroatoms. The number of carbonyl (C=O) groups is 1. The second-order valence-electron chi connectivity index (χ2n) is 4.17. The molecule has 0 radical (unpaired) electrons. The zero-order valence-corrected chi connectivity index (χ0v) is 11.2. The number of nitrogen functional groups attached to an aromatic ring is 1. The fourth-order valence-corrected chi connectivity index (χ4v) is 2.70. The molecule has 0 spiro atoms. The number of benzene rings is 1. The lowest BCUT2D eigenvalue weighted by molar-refractivity contribution is 0.100. The van der Waals surface area contributed by atoms with Gasteiger partial charge in [0.05, 0.1) is 15.1 Å². The predicted octanol–water partition coefficient (Wildman–Crippen LogP) is 2.77. The maximum absolute atomic E-state index is 11.2. The van der Waals surface area contributed by atoms with Crippen LogP contribution in [-0.2, 0) is 0 Å². The number of anilines is 1. The van der Waals surface area contributed by atoms with Gasteiger partial charge in [-0.2, -0.15) is 0 Å². The van der Waals surface area contributed by atoms with Crippen molar-refractivity contribution in [1.29, 1.82) is 0 Å². The van der Waals surface area contributed by atoms with Crippen LogP contribution < -0.4 is 16.2 Å². The number of rotatable bonds is 3. The van der Waals surface area contributed by atoms with Gasteiger partial charge in [0.25, 0.3) is 5.91 Å². The van der Waals surface area contributed by atoms with Crippen LogP contribution in [0, 0.1) is 0 Å². The molecule has 0 bridgehead atoms. The fourth-order valence-electron chi connectivity index (χ4n) is 1.78. The zero-order chi connectivity index (χ0) is 14.1. The van der Waals surface area contributed by atoms with Crippen molar-refractivity contribution in [3.8, 4) is 11.5 Å². The Morgan fingerprint density at radius 2 is 1.95 bits per heavy atom. The first-order valence-corrected chi connectivity index (χ1v) is 6.67. The van der Waals surface area contributed by atoms with Crippen molar-refractivity contribution >= 4 is 33.1 Å². The van der Waals surface area contributed by atoms with Crippen LogP contribution in [0.25, 0.3) is 10.2 Å². The van der Waals surface area contributed by atoms with Crippen molar-refractivity contribution in [2.45, 2.75) is 0 Å². The average Bonchev–Trinajstić information content (AvgIpc) is 2.87. The van der Waals surface area contributed by atoms with E-state index in [1.807, 2.05) is 0 Å². The van der Waals surface area contributed by atoms with Gasteiger partial charge in [0, 0.05) is 18.0 Å². The molecular weight excluding hydrogens is 274 g/mol. The summed E-state index contributed by atoms with van der Waals surface area (Å²) in [5.74, 6) is 0.837. The summed E-state index contributed by atoms with van der Waals surface area (Å²) in [5.41, 5.74) is 12.3. The molecule has 0 unspecified atom stereocenters. The SMILES string of the molecule is NC(=O)c1cc2nccc(Oc3ccc(N)cc3)c2s1. The van der Waals surface area contributed by atoms with Gasteiger partial charge in [0.15, 0.2) is 0 Å². The van der Waals surface area contributed by atoms with E-state index in [0.717, 1.165) is 4.70 Å². The minimum Gasteiger partial charge on any atom is -0.456 e. The smallest absolute Gasteiger partial charge is 0.258 e. The fraction of sp³-hybridized carbons (Fsp3) is 0. The first-order chi connectivity index (χ1) is 9.63. The number of ether oxygens (including phenoxy) is 1. The first-order valence-electron chi connectivity index (χ1n) is 5.85. The van der Waals surface area contributed by atoms with Crippen LogP contribution in [0.3, 0.4) is 0 Å². The summed E-state index contributed by atoms with van der Waals surface area (Å²) in [7, 11) is 0. The normalized spacial score (nSPS) is 10.6. The summed E-state index contributed by atoms with van der Waals surface area (Å²) >= 11 is 1.27. The summed E-state index contributed by atoms with van der Waals surface area (Å²) < 4.78 is 6.59. The van der Waals surface area contributed by atoms with Gasteiger partial charge in [-0.15, -0.1) is 11.3 Å². The lowest BCUT2D eigenvalue weighted by atomic mass is 10.3. The number of carbonyl (C=O) groups excluding carboxylic acids is 1. The Kier molecular flexibility index (Phi) is 3.00. The van der Waals surface area contributed by atoms with Crippen molar-refractivity contribution in [3.05, 3.63) is 47.5 Å². The Hall–Kier alpha value is -2.60. The lowest BCUT2D eigenvalue weighted by Gasteiger charge is -2.06. The van der Waals surface area contributed by atoms with Gasteiger partial charge in [0.1, 0.15) is 11.5 Å². The molecule has 5 nitrogen and oxygen atoms in total. The number of thiophene rings is 1. The van der Waals surface area contributed by atoms with Crippen LogP contribution in [0.4, 0.5) is 5.69 Å². The van der Waals surface area contributed by atoms with Gasteiger partial charge in [-0.1, -0.05) is 0 Å². The molecule has 1 amide bonds. The lowest BCUT2D eigenvalue weighted by Crippen LogP contribution is -2.08. The Morgan fingerprint density at radius 3 is 2.65 bits per heavy atom. The summed E-state index contributed by atoms with van der Waals surface area (Å²) in [6, 6.07) is 10.5. The molecule has 0 atom stereocenters. The highest BCUT2D eigenvalue weighted by molar-refractivity contribution is 7.21. The van der Waals surface area contributed by atoms with E-state index in [-0.39, 0.29) is 0 Å². The molecule has 0 aliphatic heterocycles. The van der Waals surface area contributed by atoms with Crippen LogP contribution in [0.5, 0.6) is 11.5 Å². The highest BCUT2D eigenvalue weighted by Gasteiger charge is 2.12. The molecule has 3 aromatic rings. The highest BCUT2D eigenvalue weighted by Crippen LogP contribution is 2.34. The van der Waals surface area contributed by atoms with Crippen LogP contribution in [0.15, 0.2) is 42.6 Å². The number of hydrogen-bond acceptors (Lipinski definition) is 5. The maximum atomic E-state index is 11.2. The third kappa shape index (κ3) is 2.28. The van der Waals surface area contributed by atoms with Crippen LogP contribution in [0.1, 0.15) is 9.67 Å². The molecule has 4 N–H and O–H groups in total. The average molecular weight is 285 g/mol. The van der Waals surface area contributed by atoms with Crippen molar-refractivity contribution < 1.29 is 9.53 Å². The van der Waals surface area contributed by atoms with Crippen molar-refractivity contribution in [1.82, 2.24) is 4.98 Å². The van der Waals surface area contributed by atoms with Gasteiger partial charge >= 0.3 is 0 Å². The number of primary amides is 1. The van der Waals surface area contributed by atoms with Crippen molar-refractivity contribution in [3.63, 3.8) is 0 Å². The Balaban J connectivity index is 2.02. The number of aromatic nitrogens is 1. The second kappa shape index (κ2) is 4.82. The molecule has 0 saturated heterocycles. The van der Waals surface area contributed by atoms with E-state index in [9.17, 15) is 4.79 Å². The molecule has 0 aliphatic rings. The molecule has 20 heavy (non-hydrogen) atoms. The molecule has 2 aromatic heterocycles. The molecule has 1 aromatic carbocycles. The first kappa shape index (κ1) is 12.4. The van der Waals surface area contributed by atoms with Crippen molar-refractivity contribution in [2.24, 2.45) is 5.73 Å². The summed E-state index contributed by atoms with van der Waals surface area (Å²) in [5, 5.41) is 0. The van der Waals surface area contributed by atoms with Crippen molar-refractivity contribution in [2.75, 3.05) is 5.73 Å². The third-order valence-corrected chi connectivity index (χ3v) is 3.88. The largest absolute Gasteiger partial charge is 0.456 e. The van der Waals surface area contributed by atoms with E-state index in [1.165, 1.54) is 11.3 Å². The minimum absolute atomic E-state index is 0.459. The van der Waals surface area contributed by atoms with Gasteiger partial charge in [-0.3, -0.25) is 9.78 Å². The van der Waals surface area contributed by atoms with E-state index in [1.54, 1.807) is 42.6 Å². The third-order valence-electron chi connectivity index (χ3n) is 2.73. The van der Waals surface area contributed by atoms with Crippen LogP contribution in [-0.4, -0.2) is 10.9 Å². The van der Waals surface area contributed by atoms with Crippen LogP contribution in [0.2, 0.25) is 0 Å². The molecule has 3 rings (SSSR count). The zero-order valence-electron chi connectivity index (χ0n) is 10.4.